The fourth-order valence-electron chi connectivity index (χ4n) is 3.02. The fraction of sp³-hybridized carbons (Fsp3) is 0.643. The highest BCUT2D eigenvalue weighted by Gasteiger charge is 2.47. The van der Waals surface area contributed by atoms with Gasteiger partial charge in [-0.3, -0.25) is 9.88 Å². The Morgan fingerprint density at radius 2 is 2.22 bits per heavy atom. The van der Waals surface area contributed by atoms with Crippen LogP contribution in [0.15, 0.2) is 18.5 Å². The van der Waals surface area contributed by atoms with Crippen molar-refractivity contribution >= 4 is 0 Å². The number of hydrogen-bond donors (Lipinski definition) is 1. The molecule has 4 heteroatoms. The molecule has 1 aromatic rings. The van der Waals surface area contributed by atoms with E-state index in [4.69, 9.17) is 4.74 Å². The lowest BCUT2D eigenvalue weighted by atomic mass is 9.93. The fourth-order valence-corrected chi connectivity index (χ4v) is 3.02. The van der Waals surface area contributed by atoms with Crippen LogP contribution >= 0.6 is 0 Å². The van der Waals surface area contributed by atoms with Gasteiger partial charge in [0.15, 0.2) is 0 Å². The van der Waals surface area contributed by atoms with Crippen molar-refractivity contribution in [2.45, 2.75) is 43.9 Å². The summed E-state index contributed by atoms with van der Waals surface area (Å²) >= 11 is 0. The summed E-state index contributed by atoms with van der Waals surface area (Å²) in [5.41, 5.74) is 0.0978. The van der Waals surface area contributed by atoms with Crippen molar-refractivity contribution in [3.8, 4) is 5.75 Å². The molecule has 1 aliphatic carbocycles. The van der Waals surface area contributed by atoms with E-state index in [2.05, 4.69) is 16.8 Å². The van der Waals surface area contributed by atoms with Crippen LogP contribution in [0.25, 0.3) is 0 Å². The van der Waals surface area contributed by atoms with E-state index >= 15 is 0 Å². The number of rotatable bonds is 3. The number of aliphatic hydroxyl groups is 1. The van der Waals surface area contributed by atoms with Crippen molar-refractivity contribution in [1.29, 1.82) is 0 Å². The second-order valence-corrected chi connectivity index (χ2v) is 5.60. The second-order valence-electron chi connectivity index (χ2n) is 5.60. The van der Waals surface area contributed by atoms with Crippen LogP contribution in [0.2, 0.25) is 0 Å². The van der Waals surface area contributed by atoms with Crippen molar-refractivity contribution in [3.05, 3.63) is 24.0 Å². The first-order valence-electron chi connectivity index (χ1n) is 6.60. The molecule has 0 radical (unpaired) electrons. The lowest BCUT2D eigenvalue weighted by Gasteiger charge is -2.24. The number of aromatic nitrogens is 1. The van der Waals surface area contributed by atoms with E-state index < -0.39 is 5.60 Å². The monoisotopic (exact) mass is 248 g/mol. The van der Waals surface area contributed by atoms with E-state index in [0.717, 1.165) is 12.0 Å². The molecule has 0 aromatic carbocycles. The molecule has 2 unspecified atom stereocenters. The zero-order chi connectivity index (χ0) is 12.8. The van der Waals surface area contributed by atoms with Gasteiger partial charge in [0.2, 0.25) is 0 Å². The third-order valence-electron chi connectivity index (χ3n) is 4.15. The lowest BCUT2D eigenvalue weighted by Crippen LogP contribution is -2.33. The van der Waals surface area contributed by atoms with Crippen LogP contribution < -0.4 is 4.74 Å². The minimum absolute atomic E-state index is 0.439. The Morgan fingerprint density at radius 1 is 1.44 bits per heavy atom. The number of nitrogens with zero attached hydrogens (tertiary/aromatic N) is 2. The molecule has 0 bridgehead atoms. The smallest absolute Gasteiger partial charge is 0.137 e. The van der Waals surface area contributed by atoms with Gasteiger partial charge in [-0.1, -0.05) is 0 Å². The Morgan fingerprint density at radius 3 is 2.89 bits per heavy atom. The van der Waals surface area contributed by atoms with Crippen molar-refractivity contribution in [1.82, 2.24) is 9.88 Å². The van der Waals surface area contributed by atoms with Crippen molar-refractivity contribution in [2.75, 3.05) is 13.7 Å². The standard InChI is InChI=1S/C14H20N2O2/c1-10-6-14(17,9-16(10)12-3-4-12)11-5-13(18-2)8-15-7-11/h5,7-8,10,12,17H,3-4,6,9H2,1-2H3. The SMILES string of the molecule is COc1cncc(C2(O)CC(C)N(C3CC3)C2)c1. The van der Waals surface area contributed by atoms with E-state index in [1.54, 1.807) is 19.5 Å². The van der Waals surface area contributed by atoms with E-state index in [9.17, 15) is 5.11 Å². The average molecular weight is 248 g/mol. The molecule has 2 aliphatic rings. The molecule has 0 spiro atoms. The van der Waals surface area contributed by atoms with Gasteiger partial charge in [-0.25, -0.2) is 0 Å². The van der Waals surface area contributed by atoms with Crippen LogP contribution in [-0.2, 0) is 5.60 Å². The summed E-state index contributed by atoms with van der Waals surface area (Å²) in [5, 5.41) is 10.9. The van der Waals surface area contributed by atoms with Crippen LogP contribution in [0.1, 0.15) is 31.7 Å². The normalized spacial score (nSPS) is 32.7. The molecule has 98 valence electrons. The first kappa shape index (κ1) is 11.9. The summed E-state index contributed by atoms with van der Waals surface area (Å²) in [6, 6.07) is 3.03. The second kappa shape index (κ2) is 4.21. The highest BCUT2D eigenvalue weighted by atomic mass is 16.5. The van der Waals surface area contributed by atoms with Gasteiger partial charge in [-0.2, -0.15) is 0 Å². The lowest BCUT2D eigenvalue weighted by molar-refractivity contribution is 0.0446. The zero-order valence-corrected chi connectivity index (χ0v) is 11.0. The predicted molar refractivity (Wildman–Crippen MR) is 68.5 cm³/mol. The van der Waals surface area contributed by atoms with E-state index in [1.165, 1.54) is 12.8 Å². The molecule has 18 heavy (non-hydrogen) atoms. The summed E-state index contributed by atoms with van der Waals surface area (Å²) in [5.74, 6) is 0.707. The largest absolute Gasteiger partial charge is 0.495 e. The van der Waals surface area contributed by atoms with Gasteiger partial charge >= 0.3 is 0 Å². The van der Waals surface area contributed by atoms with E-state index in [0.29, 0.717) is 24.4 Å². The summed E-state index contributed by atoms with van der Waals surface area (Å²) < 4.78 is 5.19. The molecule has 1 aliphatic heterocycles. The maximum Gasteiger partial charge on any atom is 0.137 e. The molecular formula is C14H20N2O2. The van der Waals surface area contributed by atoms with Crippen LogP contribution in [-0.4, -0.2) is 40.7 Å². The third-order valence-corrected chi connectivity index (χ3v) is 4.15. The van der Waals surface area contributed by atoms with Gasteiger partial charge in [0, 0.05) is 30.4 Å². The van der Waals surface area contributed by atoms with E-state index in [1.807, 2.05) is 6.07 Å². The zero-order valence-electron chi connectivity index (χ0n) is 11.0. The van der Waals surface area contributed by atoms with Crippen molar-refractivity contribution < 1.29 is 9.84 Å². The Labute approximate surface area is 108 Å². The topological polar surface area (TPSA) is 45.6 Å². The molecule has 2 atom stereocenters. The van der Waals surface area contributed by atoms with E-state index in [-0.39, 0.29) is 0 Å². The number of pyridine rings is 1. The summed E-state index contributed by atoms with van der Waals surface area (Å²) in [4.78, 5) is 6.58. The molecule has 1 saturated carbocycles. The minimum Gasteiger partial charge on any atom is -0.495 e. The first-order valence-corrected chi connectivity index (χ1v) is 6.60. The van der Waals surface area contributed by atoms with Crippen LogP contribution in [0.4, 0.5) is 0 Å². The van der Waals surface area contributed by atoms with Crippen molar-refractivity contribution in [2.24, 2.45) is 0 Å². The predicted octanol–water partition coefficient (Wildman–Crippen LogP) is 1.53. The highest BCUT2D eigenvalue weighted by Crippen LogP contribution is 2.41. The number of methoxy groups -OCH3 is 1. The molecule has 1 saturated heterocycles. The highest BCUT2D eigenvalue weighted by molar-refractivity contribution is 5.30. The maximum absolute atomic E-state index is 10.9. The van der Waals surface area contributed by atoms with Crippen LogP contribution in [0.5, 0.6) is 5.75 Å². The quantitative estimate of drug-likeness (QED) is 0.881. The number of ether oxygens (including phenoxy) is 1. The van der Waals surface area contributed by atoms with Crippen LogP contribution in [0.3, 0.4) is 0 Å². The summed E-state index contributed by atoms with van der Waals surface area (Å²) in [7, 11) is 1.62. The molecule has 1 N–H and O–H groups in total. The summed E-state index contributed by atoms with van der Waals surface area (Å²) in [6.45, 7) is 2.91. The van der Waals surface area contributed by atoms with Gasteiger partial charge in [0.1, 0.15) is 11.4 Å². The molecule has 4 nitrogen and oxygen atoms in total. The summed E-state index contributed by atoms with van der Waals surface area (Å²) in [6.07, 6.45) is 6.75. The van der Waals surface area contributed by atoms with Crippen LogP contribution in [0, 0.1) is 0 Å². The van der Waals surface area contributed by atoms with Gasteiger partial charge in [-0.05, 0) is 32.3 Å². The van der Waals surface area contributed by atoms with Crippen molar-refractivity contribution in [3.63, 3.8) is 0 Å². The maximum atomic E-state index is 10.9. The Hall–Kier alpha value is -1.13. The molecule has 0 amide bonds. The molecule has 3 rings (SSSR count). The molecular weight excluding hydrogens is 228 g/mol. The van der Waals surface area contributed by atoms with Gasteiger partial charge < -0.3 is 9.84 Å². The van der Waals surface area contributed by atoms with Gasteiger partial charge in [-0.15, -0.1) is 0 Å². The first-order chi connectivity index (χ1) is 8.62. The molecule has 1 aromatic heterocycles. The molecule has 2 heterocycles. The number of β-amino-alcohol motifs (C(OH)–C–C–N with tert-alkyl or cyclic N) is 1. The van der Waals surface area contributed by atoms with Gasteiger partial charge in [0.05, 0.1) is 13.3 Å². The minimum atomic E-state index is -0.774. The van der Waals surface area contributed by atoms with Gasteiger partial charge in [0.25, 0.3) is 0 Å². The number of likely N-dealkylation sites (tertiary alicyclic amines) is 1. The number of hydrogen-bond acceptors (Lipinski definition) is 4. The molecule has 2 fully saturated rings. The average Bonchev–Trinajstić information content (AvgIpc) is 3.16. The third kappa shape index (κ3) is 1.99. The Bertz CT molecular complexity index is 447. The Balaban J connectivity index is 1.85. The Kier molecular flexibility index (Phi) is 2.79.